The maximum Gasteiger partial charge on any atom is 0.573 e. The molecule has 0 spiro atoms. The number of amides is 1. The number of ether oxygens (including phenoxy) is 1. The molecule has 3 N–H and O–H groups in total. The van der Waals surface area contributed by atoms with E-state index < -0.39 is 30.2 Å². The van der Waals surface area contributed by atoms with E-state index in [0.717, 1.165) is 12.1 Å². The average Bonchev–Trinajstić information content (AvgIpc) is 3.08. The number of nitrogens with one attached hydrogen (secondary N) is 2. The van der Waals surface area contributed by atoms with Crippen LogP contribution in [0.1, 0.15) is 36.0 Å². The minimum Gasteiger partial charge on any atom is -0.406 e. The molecule has 3 rings (SSSR count). The smallest absolute Gasteiger partial charge is 0.406 e. The molecule has 1 aromatic heterocycles. The number of benzene rings is 2. The van der Waals surface area contributed by atoms with Gasteiger partial charge in [-0.1, -0.05) is 44.2 Å². The number of aromatic amines is 1. The summed E-state index contributed by atoms with van der Waals surface area (Å²) in [5.74, 6) is -1.05. The molecule has 0 radical (unpaired) electrons. The van der Waals surface area contributed by atoms with Crippen LogP contribution in [0.15, 0.2) is 48.5 Å². The summed E-state index contributed by atoms with van der Waals surface area (Å²) in [7, 11) is 0. The molecule has 3 aromatic rings. The number of fused-ring (bicyclic) bond motifs is 1. The van der Waals surface area contributed by atoms with Gasteiger partial charge >= 0.3 is 6.36 Å². The van der Waals surface area contributed by atoms with Crippen molar-refractivity contribution >= 4 is 16.8 Å². The molecule has 0 aliphatic rings. The fourth-order valence-corrected chi connectivity index (χ4v) is 3.06. The monoisotopic (exact) mass is 407 g/mol. The number of carbonyl (C=O) groups excluding carboxylic acids is 1. The van der Waals surface area contributed by atoms with Crippen molar-refractivity contribution in [2.75, 3.05) is 0 Å². The first kappa shape index (κ1) is 20.7. The van der Waals surface area contributed by atoms with Crippen molar-refractivity contribution in [1.29, 1.82) is 0 Å². The van der Waals surface area contributed by atoms with Gasteiger partial charge in [-0.3, -0.25) is 9.89 Å². The van der Waals surface area contributed by atoms with Gasteiger partial charge in [-0.05, 0) is 23.6 Å². The van der Waals surface area contributed by atoms with Crippen LogP contribution >= 0.6 is 0 Å². The van der Waals surface area contributed by atoms with Crippen LogP contribution in [0.4, 0.5) is 13.2 Å². The molecule has 2 aromatic carbocycles. The summed E-state index contributed by atoms with van der Waals surface area (Å²) < 4.78 is 41.0. The number of aromatic nitrogens is 2. The van der Waals surface area contributed by atoms with Crippen molar-refractivity contribution in [1.82, 2.24) is 15.5 Å². The Labute approximate surface area is 164 Å². The lowest BCUT2D eigenvalue weighted by Gasteiger charge is -2.27. The maximum atomic E-state index is 12.8. The van der Waals surface area contributed by atoms with Crippen molar-refractivity contribution in [2.45, 2.75) is 32.4 Å². The second-order valence-electron chi connectivity index (χ2n) is 6.93. The number of hydrogen-bond acceptors (Lipinski definition) is 4. The highest BCUT2D eigenvalue weighted by Gasteiger charge is 2.31. The number of nitrogens with zero attached hydrogens (tertiary/aromatic N) is 1. The standard InChI is InChI=1S/C20H20F3N3O3/c1-11(2)16(18(27)12-6-4-3-5-7-12)24-19(28)17-14-9-8-13(29-20(21,22)23)10-15(14)25-26-17/h3-11,16,18,27H,1-2H3,(H,24,28)(H,25,26). The van der Waals surface area contributed by atoms with Crippen LogP contribution in [-0.2, 0) is 0 Å². The lowest BCUT2D eigenvalue weighted by atomic mass is 9.93. The van der Waals surface area contributed by atoms with Crippen molar-refractivity contribution < 1.29 is 27.8 Å². The van der Waals surface area contributed by atoms with Gasteiger partial charge in [-0.25, -0.2) is 0 Å². The van der Waals surface area contributed by atoms with Gasteiger partial charge in [0.15, 0.2) is 5.69 Å². The molecule has 1 heterocycles. The Balaban J connectivity index is 1.82. The average molecular weight is 407 g/mol. The summed E-state index contributed by atoms with van der Waals surface area (Å²) in [6.45, 7) is 3.72. The van der Waals surface area contributed by atoms with Gasteiger partial charge in [0.1, 0.15) is 5.75 Å². The summed E-state index contributed by atoms with van der Waals surface area (Å²) in [4.78, 5) is 12.8. The predicted molar refractivity (Wildman–Crippen MR) is 100 cm³/mol. The normalized spacial score (nSPS) is 14.0. The second-order valence-corrected chi connectivity index (χ2v) is 6.93. The minimum absolute atomic E-state index is 0.0180. The third-order valence-electron chi connectivity index (χ3n) is 4.48. The number of aliphatic hydroxyl groups excluding tert-OH is 1. The Kier molecular flexibility index (Phi) is 5.78. The molecule has 0 bridgehead atoms. The summed E-state index contributed by atoms with van der Waals surface area (Å²) in [6.07, 6.45) is -5.75. The molecule has 9 heteroatoms. The zero-order chi connectivity index (χ0) is 21.2. The SMILES string of the molecule is CC(C)C(NC(=O)c1n[nH]c2cc(OC(F)(F)F)ccc12)C(O)c1ccccc1. The van der Waals surface area contributed by atoms with Crippen molar-refractivity contribution in [3.63, 3.8) is 0 Å². The number of H-pyrrole nitrogens is 1. The number of halogens is 3. The van der Waals surface area contributed by atoms with Crippen LogP contribution in [0.2, 0.25) is 0 Å². The van der Waals surface area contributed by atoms with Gasteiger partial charge in [0, 0.05) is 11.5 Å². The van der Waals surface area contributed by atoms with Crippen LogP contribution in [0.5, 0.6) is 5.75 Å². The van der Waals surface area contributed by atoms with Crippen molar-refractivity contribution in [2.24, 2.45) is 5.92 Å². The number of aliphatic hydroxyl groups is 1. The van der Waals surface area contributed by atoms with E-state index in [2.05, 4.69) is 20.3 Å². The highest BCUT2D eigenvalue weighted by Crippen LogP contribution is 2.27. The molecule has 0 aliphatic heterocycles. The van der Waals surface area contributed by atoms with E-state index in [9.17, 15) is 23.1 Å². The number of rotatable bonds is 6. The molecule has 29 heavy (non-hydrogen) atoms. The minimum atomic E-state index is -4.81. The summed E-state index contributed by atoms with van der Waals surface area (Å²) in [5.41, 5.74) is 0.901. The summed E-state index contributed by atoms with van der Waals surface area (Å²) in [6, 6.07) is 11.9. The first-order valence-electron chi connectivity index (χ1n) is 8.93. The first-order valence-corrected chi connectivity index (χ1v) is 8.93. The summed E-state index contributed by atoms with van der Waals surface area (Å²) >= 11 is 0. The van der Waals surface area contributed by atoms with Gasteiger partial charge in [-0.15, -0.1) is 13.2 Å². The maximum absolute atomic E-state index is 12.8. The fourth-order valence-electron chi connectivity index (χ4n) is 3.06. The van der Waals surface area contributed by atoms with Gasteiger partial charge in [0.05, 0.1) is 17.7 Å². The van der Waals surface area contributed by atoms with E-state index in [1.807, 2.05) is 19.9 Å². The number of hydrogen-bond donors (Lipinski definition) is 3. The highest BCUT2D eigenvalue weighted by atomic mass is 19.4. The third-order valence-corrected chi connectivity index (χ3v) is 4.48. The van der Waals surface area contributed by atoms with Crippen molar-refractivity contribution in [3.8, 4) is 5.75 Å². The van der Waals surface area contributed by atoms with Gasteiger partial charge in [-0.2, -0.15) is 5.10 Å². The quantitative estimate of drug-likeness (QED) is 0.578. The zero-order valence-electron chi connectivity index (χ0n) is 15.7. The molecule has 2 atom stereocenters. The van der Waals surface area contributed by atoms with E-state index in [4.69, 9.17) is 0 Å². The van der Waals surface area contributed by atoms with E-state index in [1.165, 1.54) is 6.07 Å². The largest absolute Gasteiger partial charge is 0.573 e. The molecule has 0 saturated carbocycles. The molecule has 0 aliphatic carbocycles. The van der Waals surface area contributed by atoms with Crippen LogP contribution < -0.4 is 10.1 Å². The summed E-state index contributed by atoms with van der Waals surface area (Å²) in [5, 5.41) is 20.3. The molecule has 154 valence electrons. The van der Waals surface area contributed by atoms with E-state index in [1.54, 1.807) is 24.3 Å². The lowest BCUT2D eigenvalue weighted by Crippen LogP contribution is -2.43. The first-order chi connectivity index (χ1) is 13.7. The van der Waals surface area contributed by atoms with Gasteiger partial charge < -0.3 is 15.2 Å². The molecular formula is C20H20F3N3O3. The van der Waals surface area contributed by atoms with Crippen LogP contribution in [0.25, 0.3) is 10.9 Å². The van der Waals surface area contributed by atoms with E-state index >= 15 is 0 Å². The fraction of sp³-hybridized carbons (Fsp3) is 0.300. The predicted octanol–water partition coefficient (Wildman–Crippen LogP) is 3.95. The third kappa shape index (κ3) is 4.86. The Morgan fingerprint density at radius 3 is 2.48 bits per heavy atom. The molecule has 0 fully saturated rings. The second kappa shape index (κ2) is 8.12. The van der Waals surface area contributed by atoms with Crippen molar-refractivity contribution in [3.05, 3.63) is 59.8 Å². The molecule has 0 saturated heterocycles. The van der Waals surface area contributed by atoms with E-state index in [0.29, 0.717) is 10.9 Å². The van der Waals surface area contributed by atoms with Crippen LogP contribution in [0.3, 0.4) is 0 Å². The molecule has 2 unspecified atom stereocenters. The Morgan fingerprint density at radius 2 is 1.86 bits per heavy atom. The van der Waals surface area contributed by atoms with E-state index in [-0.39, 0.29) is 17.1 Å². The zero-order valence-corrected chi connectivity index (χ0v) is 15.7. The highest BCUT2D eigenvalue weighted by molar-refractivity contribution is 6.05. The lowest BCUT2D eigenvalue weighted by molar-refractivity contribution is -0.274. The molecule has 1 amide bonds. The Hall–Kier alpha value is -3.07. The topological polar surface area (TPSA) is 87.2 Å². The number of carbonyl (C=O) groups is 1. The van der Waals surface area contributed by atoms with Gasteiger partial charge in [0.2, 0.25) is 0 Å². The Bertz CT molecular complexity index is 987. The molecule has 6 nitrogen and oxygen atoms in total. The number of alkyl halides is 3. The van der Waals surface area contributed by atoms with Crippen LogP contribution in [-0.4, -0.2) is 33.6 Å². The van der Waals surface area contributed by atoms with Gasteiger partial charge in [0.25, 0.3) is 5.91 Å². The molecular weight excluding hydrogens is 387 g/mol. The Morgan fingerprint density at radius 1 is 1.17 bits per heavy atom. The van der Waals surface area contributed by atoms with Crippen LogP contribution in [0, 0.1) is 5.92 Å².